The molecule has 1 fully saturated rings. The zero-order chi connectivity index (χ0) is 10.8. The molecule has 3 heteroatoms. The first kappa shape index (κ1) is 9.85. The molecule has 1 aliphatic heterocycles. The minimum absolute atomic E-state index is 0.931. The van der Waals surface area contributed by atoms with E-state index in [-0.39, 0.29) is 0 Å². The number of benzene rings is 1. The lowest BCUT2D eigenvalue weighted by Gasteiger charge is -2.26. The van der Waals surface area contributed by atoms with Crippen molar-refractivity contribution >= 4 is 11.0 Å². The van der Waals surface area contributed by atoms with E-state index in [9.17, 15) is 0 Å². The van der Waals surface area contributed by atoms with Crippen molar-refractivity contribution in [2.24, 2.45) is 0 Å². The van der Waals surface area contributed by atoms with Crippen LogP contribution in [-0.4, -0.2) is 27.5 Å². The molecule has 1 aromatic heterocycles. The lowest BCUT2D eigenvalue weighted by atomic mass is 10.1. The zero-order valence-electron chi connectivity index (χ0n) is 9.39. The van der Waals surface area contributed by atoms with Crippen molar-refractivity contribution < 1.29 is 0 Å². The van der Waals surface area contributed by atoms with Crippen LogP contribution in [0.2, 0.25) is 0 Å². The van der Waals surface area contributed by atoms with Crippen LogP contribution in [0.15, 0.2) is 24.3 Å². The Bertz CT molecular complexity index is 469. The molecule has 3 nitrogen and oxygen atoms in total. The Morgan fingerprint density at radius 3 is 2.81 bits per heavy atom. The summed E-state index contributed by atoms with van der Waals surface area (Å²) in [6, 6.07) is 8.24. The Morgan fingerprint density at radius 1 is 1.12 bits per heavy atom. The van der Waals surface area contributed by atoms with Crippen molar-refractivity contribution in [2.75, 3.05) is 13.1 Å². The molecule has 0 amide bonds. The normalized spacial score (nSPS) is 18.0. The molecule has 0 N–H and O–H groups in total. The molecule has 0 atom stereocenters. The van der Waals surface area contributed by atoms with Crippen LogP contribution in [0, 0.1) is 6.33 Å². The summed E-state index contributed by atoms with van der Waals surface area (Å²) >= 11 is 0. The van der Waals surface area contributed by atoms with Crippen molar-refractivity contribution in [2.45, 2.75) is 25.9 Å². The van der Waals surface area contributed by atoms with Gasteiger partial charge < -0.3 is 4.57 Å². The molecule has 0 spiro atoms. The summed E-state index contributed by atoms with van der Waals surface area (Å²) in [6.45, 7) is 3.35. The summed E-state index contributed by atoms with van der Waals surface area (Å²) in [4.78, 5) is 6.78. The molecular formula is C13H16N3. The zero-order valence-corrected chi connectivity index (χ0v) is 9.39. The second kappa shape index (κ2) is 4.26. The molecule has 1 radical (unpaired) electrons. The van der Waals surface area contributed by atoms with Gasteiger partial charge in [0.1, 0.15) is 0 Å². The molecule has 2 heterocycles. The van der Waals surface area contributed by atoms with Crippen LogP contribution in [0.4, 0.5) is 0 Å². The number of fused-ring (bicyclic) bond motifs is 1. The number of para-hydroxylation sites is 2. The van der Waals surface area contributed by atoms with Gasteiger partial charge in [-0.15, -0.1) is 0 Å². The fourth-order valence-electron chi connectivity index (χ4n) is 2.36. The first-order valence-corrected chi connectivity index (χ1v) is 5.99. The number of imidazole rings is 1. The van der Waals surface area contributed by atoms with Crippen LogP contribution in [0.1, 0.15) is 19.3 Å². The lowest BCUT2D eigenvalue weighted by Crippen LogP contribution is -2.31. The lowest BCUT2D eigenvalue weighted by molar-refractivity contribution is 0.184. The van der Waals surface area contributed by atoms with E-state index in [1.165, 1.54) is 37.9 Å². The van der Waals surface area contributed by atoms with Crippen molar-refractivity contribution in [1.29, 1.82) is 0 Å². The van der Waals surface area contributed by atoms with Gasteiger partial charge in [0.05, 0.1) is 17.7 Å². The number of nitrogens with zero attached hydrogens (tertiary/aromatic N) is 3. The van der Waals surface area contributed by atoms with E-state index in [0.29, 0.717) is 0 Å². The highest BCUT2D eigenvalue weighted by molar-refractivity contribution is 5.74. The molecule has 1 aliphatic rings. The standard InChI is InChI=1S/C13H16N3/c1-4-8-15(9-5-1)11-16-10-14-12-6-2-3-7-13(12)16/h2-3,6-7H,1,4-5,8-9,11H2. The van der Waals surface area contributed by atoms with Crippen LogP contribution < -0.4 is 0 Å². The maximum absolute atomic E-state index is 4.30. The Balaban J connectivity index is 1.83. The van der Waals surface area contributed by atoms with Crippen LogP contribution in [0.25, 0.3) is 11.0 Å². The van der Waals surface area contributed by atoms with Gasteiger partial charge in [-0.05, 0) is 38.1 Å². The smallest absolute Gasteiger partial charge is 0.178 e. The third-order valence-electron chi connectivity index (χ3n) is 3.25. The SMILES string of the molecule is [c]1nc2ccccc2n1CN1CCCCC1. The molecule has 83 valence electrons. The molecule has 1 saturated heterocycles. The largest absolute Gasteiger partial charge is 0.308 e. The average Bonchev–Trinajstić information content (AvgIpc) is 2.74. The van der Waals surface area contributed by atoms with E-state index >= 15 is 0 Å². The van der Waals surface area contributed by atoms with E-state index in [1.807, 2.05) is 12.1 Å². The van der Waals surface area contributed by atoms with Crippen LogP contribution >= 0.6 is 0 Å². The molecule has 1 aromatic carbocycles. The van der Waals surface area contributed by atoms with E-state index in [0.717, 1.165) is 12.2 Å². The summed E-state index contributed by atoms with van der Waals surface area (Å²) < 4.78 is 2.13. The average molecular weight is 214 g/mol. The fraction of sp³-hybridized carbons (Fsp3) is 0.462. The molecular weight excluding hydrogens is 198 g/mol. The minimum Gasteiger partial charge on any atom is -0.308 e. The Morgan fingerprint density at radius 2 is 1.94 bits per heavy atom. The van der Waals surface area contributed by atoms with Crippen LogP contribution in [0.3, 0.4) is 0 Å². The third-order valence-corrected chi connectivity index (χ3v) is 3.25. The first-order chi connectivity index (χ1) is 7.93. The van der Waals surface area contributed by atoms with Gasteiger partial charge in [-0.3, -0.25) is 4.90 Å². The molecule has 0 unspecified atom stereocenters. The number of aromatic nitrogens is 2. The number of hydrogen-bond acceptors (Lipinski definition) is 2. The Hall–Kier alpha value is -1.35. The summed E-state index contributed by atoms with van der Waals surface area (Å²) in [6.07, 6.45) is 7.12. The van der Waals surface area contributed by atoms with Crippen molar-refractivity contribution in [3.63, 3.8) is 0 Å². The Kier molecular flexibility index (Phi) is 2.62. The minimum atomic E-state index is 0.931. The molecule has 0 saturated carbocycles. The molecule has 16 heavy (non-hydrogen) atoms. The highest BCUT2D eigenvalue weighted by atomic mass is 15.3. The van der Waals surface area contributed by atoms with E-state index in [4.69, 9.17) is 0 Å². The van der Waals surface area contributed by atoms with Gasteiger partial charge in [-0.1, -0.05) is 18.6 Å². The predicted molar refractivity (Wildman–Crippen MR) is 64.0 cm³/mol. The van der Waals surface area contributed by atoms with Gasteiger partial charge in [0.15, 0.2) is 6.33 Å². The molecule has 0 bridgehead atoms. The molecule has 2 aromatic rings. The quantitative estimate of drug-likeness (QED) is 0.764. The van der Waals surface area contributed by atoms with E-state index in [1.54, 1.807) is 0 Å². The topological polar surface area (TPSA) is 21.1 Å². The summed E-state index contributed by atoms with van der Waals surface area (Å²) in [5.41, 5.74) is 2.23. The van der Waals surface area contributed by atoms with Crippen molar-refractivity contribution in [1.82, 2.24) is 14.5 Å². The number of piperidine rings is 1. The predicted octanol–water partition coefficient (Wildman–Crippen LogP) is 2.28. The third kappa shape index (κ3) is 1.83. The van der Waals surface area contributed by atoms with Gasteiger partial charge in [0.2, 0.25) is 0 Å². The first-order valence-electron chi connectivity index (χ1n) is 5.99. The van der Waals surface area contributed by atoms with Gasteiger partial charge in [0.25, 0.3) is 0 Å². The van der Waals surface area contributed by atoms with Gasteiger partial charge in [0, 0.05) is 0 Å². The van der Waals surface area contributed by atoms with E-state index < -0.39 is 0 Å². The Labute approximate surface area is 95.7 Å². The monoisotopic (exact) mass is 214 g/mol. The summed E-state index contributed by atoms with van der Waals surface area (Å²) in [7, 11) is 0. The van der Waals surface area contributed by atoms with Crippen molar-refractivity contribution in [3.8, 4) is 0 Å². The van der Waals surface area contributed by atoms with Gasteiger partial charge in [-0.25, -0.2) is 4.98 Å². The summed E-state index contributed by atoms with van der Waals surface area (Å²) in [5.74, 6) is 0. The fourth-order valence-corrected chi connectivity index (χ4v) is 2.36. The van der Waals surface area contributed by atoms with Crippen LogP contribution in [-0.2, 0) is 6.67 Å². The van der Waals surface area contributed by atoms with Crippen molar-refractivity contribution in [3.05, 3.63) is 30.6 Å². The van der Waals surface area contributed by atoms with Crippen LogP contribution in [0.5, 0.6) is 0 Å². The second-order valence-corrected chi connectivity index (χ2v) is 4.45. The highest BCUT2D eigenvalue weighted by Gasteiger charge is 2.11. The van der Waals surface area contributed by atoms with Gasteiger partial charge in [-0.2, -0.15) is 0 Å². The number of hydrogen-bond donors (Lipinski definition) is 0. The molecule has 3 rings (SSSR count). The number of rotatable bonds is 2. The number of likely N-dealkylation sites (tertiary alicyclic amines) is 1. The highest BCUT2D eigenvalue weighted by Crippen LogP contribution is 2.14. The van der Waals surface area contributed by atoms with E-state index in [2.05, 4.69) is 32.9 Å². The second-order valence-electron chi connectivity index (χ2n) is 4.45. The molecule has 0 aliphatic carbocycles. The maximum atomic E-state index is 4.30. The maximum Gasteiger partial charge on any atom is 0.178 e. The summed E-state index contributed by atoms with van der Waals surface area (Å²) in [5, 5.41) is 0. The van der Waals surface area contributed by atoms with Gasteiger partial charge >= 0.3 is 0 Å².